The lowest BCUT2D eigenvalue weighted by molar-refractivity contribution is -0.137. The fourth-order valence-corrected chi connectivity index (χ4v) is 4.22. The van der Waals surface area contributed by atoms with E-state index in [-0.39, 0.29) is 18.3 Å². The number of anilines is 1. The van der Waals surface area contributed by atoms with E-state index in [4.69, 9.17) is 10.5 Å². The summed E-state index contributed by atoms with van der Waals surface area (Å²) in [6.45, 7) is 1.23. The Hall–Kier alpha value is -2.41. The number of aliphatic hydroxyl groups is 2. The van der Waals surface area contributed by atoms with Gasteiger partial charge in [0.25, 0.3) is 12.3 Å². The number of alkyl halides is 2. The van der Waals surface area contributed by atoms with Gasteiger partial charge in [0.15, 0.2) is 12.3 Å². The van der Waals surface area contributed by atoms with Crippen LogP contribution in [0.15, 0.2) is 18.6 Å². The Labute approximate surface area is 177 Å². The van der Waals surface area contributed by atoms with Crippen LogP contribution in [0.2, 0.25) is 0 Å². The summed E-state index contributed by atoms with van der Waals surface area (Å²) in [5, 5.41) is 24.2. The standard InChI is InChI=1S/C19H26F2N6O4/c20-12(21)8-26-4-1-10(2-5-26)7-23-18(30)15-13(28)14(29)19(31-15)27-6-3-11-16(22)24-9-25-17(11)27/h3,6,9-10,12-15,19,28-29H,1-2,4-5,7-8H2,(H,23,30)(H2,22,24,25)/t13-,14+,15-,19+/m0/s1. The van der Waals surface area contributed by atoms with Gasteiger partial charge in [-0.3, -0.25) is 9.69 Å². The monoisotopic (exact) mass is 440 g/mol. The third-order valence-corrected chi connectivity index (χ3v) is 5.98. The zero-order chi connectivity index (χ0) is 22.1. The molecule has 5 N–H and O–H groups in total. The summed E-state index contributed by atoms with van der Waals surface area (Å²) in [5.74, 6) is -0.106. The van der Waals surface area contributed by atoms with Gasteiger partial charge in [-0.15, -0.1) is 0 Å². The van der Waals surface area contributed by atoms with Gasteiger partial charge in [-0.1, -0.05) is 0 Å². The minimum atomic E-state index is -2.35. The molecule has 2 aliphatic heterocycles. The molecule has 12 heteroatoms. The maximum absolute atomic E-state index is 12.6. The van der Waals surface area contributed by atoms with Gasteiger partial charge in [-0.2, -0.15) is 0 Å². The number of hydrogen-bond acceptors (Lipinski definition) is 8. The average molecular weight is 440 g/mol. The molecule has 4 atom stereocenters. The van der Waals surface area contributed by atoms with Crippen molar-refractivity contribution in [2.75, 3.05) is 31.9 Å². The zero-order valence-corrected chi connectivity index (χ0v) is 16.8. The third kappa shape index (κ3) is 4.47. The highest BCUT2D eigenvalue weighted by Crippen LogP contribution is 2.33. The second-order valence-electron chi connectivity index (χ2n) is 8.03. The van der Waals surface area contributed by atoms with Gasteiger partial charge in [0, 0.05) is 12.7 Å². The number of halogens is 2. The van der Waals surface area contributed by atoms with Crippen molar-refractivity contribution in [2.24, 2.45) is 5.92 Å². The minimum Gasteiger partial charge on any atom is -0.387 e. The van der Waals surface area contributed by atoms with Crippen molar-refractivity contribution in [1.29, 1.82) is 0 Å². The predicted octanol–water partition coefficient (Wildman–Crippen LogP) is -0.274. The Morgan fingerprint density at radius 1 is 1.29 bits per heavy atom. The van der Waals surface area contributed by atoms with Crippen LogP contribution in [-0.2, 0) is 9.53 Å². The van der Waals surface area contributed by atoms with Gasteiger partial charge in [-0.25, -0.2) is 18.7 Å². The summed E-state index contributed by atoms with van der Waals surface area (Å²) in [6, 6.07) is 1.67. The summed E-state index contributed by atoms with van der Waals surface area (Å²) in [7, 11) is 0. The first-order valence-corrected chi connectivity index (χ1v) is 10.2. The van der Waals surface area contributed by atoms with E-state index in [1.54, 1.807) is 17.2 Å². The van der Waals surface area contributed by atoms with E-state index in [9.17, 15) is 23.8 Å². The van der Waals surface area contributed by atoms with Crippen LogP contribution in [0.3, 0.4) is 0 Å². The van der Waals surface area contributed by atoms with Gasteiger partial charge in [-0.05, 0) is 37.9 Å². The normalized spacial score (nSPS) is 27.9. The zero-order valence-electron chi connectivity index (χ0n) is 16.8. The number of hydrogen-bond donors (Lipinski definition) is 4. The quantitative estimate of drug-likeness (QED) is 0.481. The summed E-state index contributed by atoms with van der Waals surface area (Å²) in [5.41, 5.74) is 6.24. The second kappa shape index (κ2) is 8.99. The second-order valence-corrected chi connectivity index (χ2v) is 8.03. The first-order chi connectivity index (χ1) is 14.8. The SMILES string of the molecule is Nc1ncnc2c1ccn2[C@@H]1O[C@H](C(=O)NCC2CCN(CC(F)F)CC2)[C@@H](O)[C@H]1O. The Bertz CT molecular complexity index is 920. The fraction of sp³-hybridized carbons (Fsp3) is 0.632. The number of carbonyl (C=O) groups is 1. The first kappa shape index (κ1) is 21.8. The number of nitrogens with one attached hydrogen (secondary N) is 1. The highest BCUT2D eigenvalue weighted by molar-refractivity contribution is 5.86. The topological polar surface area (TPSA) is 139 Å². The molecule has 0 aromatic carbocycles. The van der Waals surface area contributed by atoms with E-state index in [1.807, 2.05) is 0 Å². The number of ether oxygens (including phenoxy) is 1. The molecule has 4 heterocycles. The molecule has 2 aromatic heterocycles. The predicted molar refractivity (Wildman–Crippen MR) is 106 cm³/mol. The molecule has 31 heavy (non-hydrogen) atoms. The third-order valence-electron chi connectivity index (χ3n) is 5.98. The van der Waals surface area contributed by atoms with Crippen LogP contribution in [0.5, 0.6) is 0 Å². The van der Waals surface area contributed by atoms with Crippen LogP contribution in [-0.4, -0.2) is 86.5 Å². The van der Waals surface area contributed by atoms with E-state index in [0.717, 1.165) is 0 Å². The number of fused-ring (bicyclic) bond motifs is 1. The molecule has 4 rings (SSSR count). The van der Waals surface area contributed by atoms with E-state index < -0.39 is 36.9 Å². The smallest absolute Gasteiger partial charge is 0.252 e. The van der Waals surface area contributed by atoms with Crippen LogP contribution in [0.1, 0.15) is 19.1 Å². The molecule has 170 valence electrons. The number of piperidine rings is 1. The molecule has 2 aromatic rings. The van der Waals surface area contributed by atoms with Crippen molar-refractivity contribution >= 4 is 22.8 Å². The average Bonchev–Trinajstić information content (AvgIpc) is 3.29. The lowest BCUT2D eigenvalue weighted by atomic mass is 9.96. The molecule has 0 bridgehead atoms. The van der Waals surface area contributed by atoms with Crippen LogP contribution < -0.4 is 11.1 Å². The molecule has 2 aliphatic rings. The lowest BCUT2D eigenvalue weighted by Gasteiger charge is -2.31. The number of nitrogens with zero attached hydrogens (tertiary/aromatic N) is 4. The van der Waals surface area contributed by atoms with Gasteiger partial charge < -0.3 is 30.6 Å². The number of aliphatic hydroxyl groups excluding tert-OH is 2. The highest BCUT2D eigenvalue weighted by atomic mass is 19.3. The van der Waals surface area contributed by atoms with Crippen molar-refractivity contribution in [1.82, 2.24) is 24.8 Å². The molecule has 0 spiro atoms. The number of rotatable bonds is 6. The summed E-state index contributed by atoms with van der Waals surface area (Å²) in [6.07, 6.45) is -3.12. The fourth-order valence-electron chi connectivity index (χ4n) is 4.22. The van der Waals surface area contributed by atoms with E-state index in [0.29, 0.717) is 43.5 Å². The van der Waals surface area contributed by atoms with Crippen LogP contribution >= 0.6 is 0 Å². The number of carbonyl (C=O) groups excluding carboxylic acids is 1. The molecule has 0 aliphatic carbocycles. The number of likely N-dealkylation sites (tertiary alicyclic amines) is 1. The molecule has 0 radical (unpaired) electrons. The lowest BCUT2D eigenvalue weighted by Crippen LogP contribution is -2.45. The molecule has 0 unspecified atom stereocenters. The van der Waals surface area contributed by atoms with Gasteiger partial charge in [0.05, 0.1) is 11.9 Å². The molecule has 2 fully saturated rings. The first-order valence-electron chi connectivity index (χ1n) is 10.2. The molecular formula is C19H26F2N6O4. The van der Waals surface area contributed by atoms with E-state index in [1.165, 1.54) is 10.9 Å². The van der Waals surface area contributed by atoms with Crippen molar-refractivity contribution in [3.05, 3.63) is 18.6 Å². The number of nitrogens with two attached hydrogens (primary N) is 1. The molecule has 1 amide bonds. The highest BCUT2D eigenvalue weighted by Gasteiger charge is 2.47. The van der Waals surface area contributed by atoms with Crippen molar-refractivity contribution in [2.45, 2.75) is 43.8 Å². The Balaban J connectivity index is 1.35. The summed E-state index contributed by atoms with van der Waals surface area (Å²) in [4.78, 5) is 22.4. The van der Waals surface area contributed by atoms with Crippen LogP contribution in [0.25, 0.3) is 11.0 Å². The van der Waals surface area contributed by atoms with Crippen LogP contribution in [0, 0.1) is 5.92 Å². The summed E-state index contributed by atoms with van der Waals surface area (Å²) >= 11 is 0. The van der Waals surface area contributed by atoms with Crippen LogP contribution in [0.4, 0.5) is 14.6 Å². The molecule has 2 saturated heterocycles. The van der Waals surface area contributed by atoms with E-state index in [2.05, 4.69) is 15.3 Å². The number of amides is 1. The Morgan fingerprint density at radius 2 is 2.03 bits per heavy atom. The van der Waals surface area contributed by atoms with Gasteiger partial charge in [0.1, 0.15) is 30.0 Å². The maximum Gasteiger partial charge on any atom is 0.252 e. The van der Waals surface area contributed by atoms with Crippen molar-refractivity contribution in [3.8, 4) is 0 Å². The van der Waals surface area contributed by atoms with Gasteiger partial charge in [0.2, 0.25) is 0 Å². The van der Waals surface area contributed by atoms with Gasteiger partial charge >= 0.3 is 0 Å². The van der Waals surface area contributed by atoms with Crippen molar-refractivity contribution in [3.63, 3.8) is 0 Å². The Kier molecular flexibility index (Phi) is 6.32. The molecular weight excluding hydrogens is 414 g/mol. The molecule has 10 nitrogen and oxygen atoms in total. The van der Waals surface area contributed by atoms with Crippen molar-refractivity contribution < 1.29 is 28.5 Å². The van der Waals surface area contributed by atoms with E-state index >= 15 is 0 Å². The maximum atomic E-state index is 12.6. The minimum absolute atomic E-state index is 0.158. The molecule has 0 saturated carbocycles. The largest absolute Gasteiger partial charge is 0.387 e. The number of aromatic nitrogens is 3. The Morgan fingerprint density at radius 3 is 2.74 bits per heavy atom. The number of nitrogen functional groups attached to an aromatic ring is 1. The summed E-state index contributed by atoms with van der Waals surface area (Å²) < 4.78 is 32.2.